The van der Waals surface area contributed by atoms with E-state index in [1.165, 1.54) is 30.3 Å². The Hall–Kier alpha value is -3.22. The molecule has 2 aromatic carbocycles. The number of halogens is 2. The third-order valence-electron chi connectivity index (χ3n) is 3.75. The average molecular weight is 358 g/mol. The van der Waals surface area contributed by atoms with Crippen LogP contribution in [-0.2, 0) is 6.61 Å². The molecule has 0 spiro atoms. The molecule has 3 aromatic rings. The molecule has 0 aliphatic rings. The first-order valence-electron chi connectivity index (χ1n) is 7.85. The Morgan fingerprint density at radius 3 is 2.77 bits per heavy atom. The van der Waals surface area contributed by atoms with Gasteiger partial charge in [0.15, 0.2) is 5.69 Å². The van der Waals surface area contributed by atoms with Crippen LogP contribution in [0.4, 0.5) is 14.5 Å². The summed E-state index contributed by atoms with van der Waals surface area (Å²) in [6.45, 7) is 3.37. The highest BCUT2D eigenvalue weighted by Crippen LogP contribution is 2.21. The van der Waals surface area contributed by atoms with E-state index in [0.717, 1.165) is 5.56 Å². The first-order chi connectivity index (χ1) is 12.4. The van der Waals surface area contributed by atoms with Crippen LogP contribution in [0.25, 0.3) is 0 Å². The van der Waals surface area contributed by atoms with Crippen molar-refractivity contribution in [2.24, 2.45) is 0 Å². The number of nitrogens with one attached hydrogen (secondary N) is 1. The van der Waals surface area contributed by atoms with Crippen LogP contribution in [-0.4, -0.2) is 11.1 Å². The first kappa shape index (κ1) is 17.6. The van der Waals surface area contributed by atoms with Gasteiger partial charge in [-0.1, -0.05) is 17.3 Å². The molecule has 1 amide bonds. The van der Waals surface area contributed by atoms with Crippen LogP contribution in [0.5, 0.6) is 5.75 Å². The molecule has 0 saturated carbocycles. The summed E-state index contributed by atoms with van der Waals surface area (Å²) in [5.41, 5.74) is 1.24. The summed E-state index contributed by atoms with van der Waals surface area (Å²) in [6.07, 6.45) is 0. The quantitative estimate of drug-likeness (QED) is 0.734. The number of carbonyl (C=O) groups excluding carboxylic acids is 1. The van der Waals surface area contributed by atoms with E-state index in [-0.39, 0.29) is 18.0 Å². The van der Waals surface area contributed by atoms with Crippen molar-refractivity contribution in [1.29, 1.82) is 0 Å². The van der Waals surface area contributed by atoms with Crippen LogP contribution in [0.3, 0.4) is 0 Å². The molecular formula is C19H16F2N2O3. The molecule has 0 aliphatic heterocycles. The fourth-order valence-electron chi connectivity index (χ4n) is 2.37. The third kappa shape index (κ3) is 3.88. The van der Waals surface area contributed by atoms with Crippen LogP contribution < -0.4 is 10.1 Å². The number of aromatic nitrogens is 1. The molecule has 3 rings (SSSR count). The van der Waals surface area contributed by atoms with Crippen LogP contribution >= 0.6 is 0 Å². The normalized spacial score (nSPS) is 10.6. The maximum absolute atomic E-state index is 13.8. The van der Waals surface area contributed by atoms with Gasteiger partial charge in [0.05, 0.1) is 11.3 Å². The van der Waals surface area contributed by atoms with Gasteiger partial charge in [-0.05, 0) is 43.7 Å². The minimum Gasteiger partial charge on any atom is -0.489 e. The summed E-state index contributed by atoms with van der Waals surface area (Å²) < 4.78 is 37.6. The smallest absolute Gasteiger partial charge is 0.278 e. The van der Waals surface area contributed by atoms with Crippen molar-refractivity contribution in [3.05, 3.63) is 76.7 Å². The van der Waals surface area contributed by atoms with Gasteiger partial charge in [-0.15, -0.1) is 0 Å². The highest BCUT2D eigenvalue weighted by molar-refractivity contribution is 6.04. The number of carbonyl (C=O) groups is 1. The molecule has 0 radical (unpaired) electrons. The number of aryl methyl sites for hydroxylation is 2. The Morgan fingerprint density at radius 1 is 1.19 bits per heavy atom. The lowest BCUT2D eigenvalue weighted by atomic mass is 10.1. The number of anilines is 1. The molecule has 26 heavy (non-hydrogen) atoms. The highest BCUT2D eigenvalue weighted by Gasteiger charge is 2.21. The Labute approximate surface area is 148 Å². The van der Waals surface area contributed by atoms with E-state index < -0.39 is 17.5 Å². The zero-order chi connectivity index (χ0) is 18.7. The monoisotopic (exact) mass is 358 g/mol. The van der Waals surface area contributed by atoms with Gasteiger partial charge < -0.3 is 14.6 Å². The summed E-state index contributed by atoms with van der Waals surface area (Å²) >= 11 is 0. The Balaban J connectivity index is 1.78. The molecule has 0 aliphatic carbocycles. The molecule has 0 unspecified atom stereocenters. The molecule has 0 fully saturated rings. The van der Waals surface area contributed by atoms with Gasteiger partial charge in [0.25, 0.3) is 5.91 Å². The van der Waals surface area contributed by atoms with E-state index in [1.54, 1.807) is 26.0 Å². The van der Waals surface area contributed by atoms with Crippen molar-refractivity contribution in [2.45, 2.75) is 20.5 Å². The molecular weight excluding hydrogens is 342 g/mol. The van der Waals surface area contributed by atoms with Crippen molar-refractivity contribution in [3.8, 4) is 5.75 Å². The lowest BCUT2D eigenvalue weighted by molar-refractivity contribution is 0.101. The number of rotatable bonds is 5. The van der Waals surface area contributed by atoms with Gasteiger partial charge in [-0.3, -0.25) is 4.79 Å². The summed E-state index contributed by atoms with van der Waals surface area (Å²) in [6, 6.07) is 10.0. The van der Waals surface area contributed by atoms with E-state index >= 15 is 0 Å². The number of ether oxygens (including phenoxy) is 1. The minimum absolute atomic E-state index is 0.0141. The number of hydrogen-bond donors (Lipinski definition) is 1. The van der Waals surface area contributed by atoms with E-state index in [4.69, 9.17) is 9.26 Å². The molecule has 5 nitrogen and oxygen atoms in total. The average Bonchev–Trinajstić information content (AvgIpc) is 2.97. The van der Waals surface area contributed by atoms with Crippen LogP contribution in [0.1, 0.15) is 27.4 Å². The van der Waals surface area contributed by atoms with E-state index in [0.29, 0.717) is 17.1 Å². The molecule has 0 saturated heterocycles. The molecule has 0 bridgehead atoms. The van der Waals surface area contributed by atoms with Gasteiger partial charge in [0.1, 0.15) is 29.8 Å². The predicted molar refractivity (Wildman–Crippen MR) is 91.1 cm³/mol. The van der Waals surface area contributed by atoms with Gasteiger partial charge in [-0.2, -0.15) is 0 Å². The second-order valence-electron chi connectivity index (χ2n) is 5.75. The summed E-state index contributed by atoms with van der Waals surface area (Å²) in [7, 11) is 0. The van der Waals surface area contributed by atoms with E-state index in [9.17, 15) is 13.6 Å². The number of nitrogens with zero attached hydrogens (tertiary/aromatic N) is 1. The van der Waals surface area contributed by atoms with Gasteiger partial charge in [0, 0.05) is 6.07 Å². The molecule has 7 heteroatoms. The van der Waals surface area contributed by atoms with Crippen molar-refractivity contribution in [2.75, 3.05) is 5.32 Å². The summed E-state index contributed by atoms with van der Waals surface area (Å²) in [5, 5.41) is 6.21. The van der Waals surface area contributed by atoms with Crippen molar-refractivity contribution < 1.29 is 22.8 Å². The van der Waals surface area contributed by atoms with Gasteiger partial charge >= 0.3 is 0 Å². The van der Waals surface area contributed by atoms with Gasteiger partial charge in [-0.25, -0.2) is 8.78 Å². The predicted octanol–water partition coefficient (Wildman–Crippen LogP) is 4.40. The molecule has 1 aromatic heterocycles. The SMILES string of the molecule is Cc1ccc(F)c(NC(=O)c2noc(C)c2COc2cccc(F)c2)c1. The van der Waals surface area contributed by atoms with Crippen molar-refractivity contribution in [3.63, 3.8) is 0 Å². The van der Waals surface area contributed by atoms with Crippen molar-refractivity contribution >= 4 is 11.6 Å². The minimum atomic E-state index is -0.621. The Kier molecular flexibility index (Phi) is 4.97. The van der Waals surface area contributed by atoms with E-state index in [1.807, 2.05) is 0 Å². The topological polar surface area (TPSA) is 64.4 Å². The maximum Gasteiger partial charge on any atom is 0.278 e. The third-order valence-corrected chi connectivity index (χ3v) is 3.75. The molecule has 1 heterocycles. The number of benzene rings is 2. The summed E-state index contributed by atoms with van der Waals surface area (Å²) in [5.74, 6) is -0.915. The standard InChI is InChI=1S/C19H16F2N2O3/c1-11-6-7-16(21)17(8-11)22-19(24)18-15(12(2)26-23-18)10-25-14-5-3-4-13(20)9-14/h3-9H,10H2,1-2H3,(H,22,24). The lowest BCUT2D eigenvalue weighted by Crippen LogP contribution is -2.16. The number of hydrogen-bond acceptors (Lipinski definition) is 4. The molecule has 134 valence electrons. The largest absolute Gasteiger partial charge is 0.489 e. The van der Waals surface area contributed by atoms with E-state index in [2.05, 4.69) is 10.5 Å². The molecule has 1 N–H and O–H groups in total. The fourth-order valence-corrected chi connectivity index (χ4v) is 2.37. The second-order valence-corrected chi connectivity index (χ2v) is 5.75. The molecule has 0 atom stereocenters. The Morgan fingerprint density at radius 2 is 2.00 bits per heavy atom. The Bertz CT molecular complexity index is 954. The van der Waals surface area contributed by atoms with Crippen LogP contribution in [0.2, 0.25) is 0 Å². The highest BCUT2D eigenvalue weighted by atomic mass is 19.1. The maximum atomic E-state index is 13.8. The fraction of sp³-hybridized carbons (Fsp3) is 0.158. The van der Waals surface area contributed by atoms with Gasteiger partial charge in [0.2, 0.25) is 0 Å². The zero-order valence-corrected chi connectivity index (χ0v) is 14.2. The lowest BCUT2D eigenvalue weighted by Gasteiger charge is -2.08. The second kappa shape index (κ2) is 7.35. The number of amides is 1. The van der Waals surface area contributed by atoms with Crippen LogP contribution in [0.15, 0.2) is 47.0 Å². The zero-order valence-electron chi connectivity index (χ0n) is 14.2. The summed E-state index contributed by atoms with van der Waals surface area (Å²) in [4.78, 5) is 12.5. The van der Waals surface area contributed by atoms with Crippen LogP contribution in [0, 0.1) is 25.5 Å². The van der Waals surface area contributed by atoms with Crippen molar-refractivity contribution in [1.82, 2.24) is 5.16 Å². The first-order valence-corrected chi connectivity index (χ1v) is 7.85.